The van der Waals surface area contributed by atoms with Crippen LogP contribution in [0.1, 0.15) is 81.3 Å². The van der Waals surface area contributed by atoms with Crippen molar-refractivity contribution in [1.29, 1.82) is 0 Å². The minimum atomic E-state index is -1.03. The van der Waals surface area contributed by atoms with Gasteiger partial charge in [-0.3, -0.25) is 0 Å². The second kappa shape index (κ2) is 11.0. The zero-order chi connectivity index (χ0) is 17.9. The summed E-state index contributed by atoms with van der Waals surface area (Å²) in [5.41, 5.74) is 0.635. The van der Waals surface area contributed by atoms with E-state index in [0.717, 1.165) is 12.8 Å². The summed E-state index contributed by atoms with van der Waals surface area (Å²) >= 11 is 0. The van der Waals surface area contributed by atoms with Crippen LogP contribution in [0.25, 0.3) is 0 Å². The number of ether oxygens (including phenoxy) is 2. The Labute approximate surface area is 144 Å². The van der Waals surface area contributed by atoms with Crippen molar-refractivity contribution in [3.05, 3.63) is 29.3 Å². The van der Waals surface area contributed by atoms with E-state index in [2.05, 4.69) is 6.92 Å². The van der Waals surface area contributed by atoms with Crippen LogP contribution >= 0.6 is 0 Å². The molecule has 0 aliphatic rings. The Morgan fingerprint density at radius 3 is 2.46 bits per heavy atom. The fourth-order valence-corrected chi connectivity index (χ4v) is 2.58. The molecule has 0 saturated heterocycles. The van der Waals surface area contributed by atoms with Crippen LogP contribution in [0, 0.1) is 0 Å². The van der Waals surface area contributed by atoms with Gasteiger partial charge in [-0.15, -0.1) is 0 Å². The van der Waals surface area contributed by atoms with Crippen molar-refractivity contribution >= 4 is 5.97 Å². The van der Waals surface area contributed by atoms with Crippen LogP contribution in [0.3, 0.4) is 0 Å². The number of phenolic OH excluding ortho intramolecular Hbond substituents is 1. The molecule has 0 aromatic heterocycles. The van der Waals surface area contributed by atoms with Crippen LogP contribution < -0.4 is 0 Å². The Hall–Kier alpha value is -1.59. The van der Waals surface area contributed by atoms with E-state index in [1.54, 1.807) is 0 Å². The van der Waals surface area contributed by atoms with Crippen LogP contribution in [0.5, 0.6) is 5.75 Å². The van der Waals surface area contributed by atoms with Gasteiger partial charge in [0.25, 0.3) is 0 Å². The van der Waals surface area contributed by atoms with E-state index in [-0.39, 0.29) is 17.6 Å². The van der Waals surface area contributed by atoms with Crippen LogP contribution in [0.15, 0.2) is 18.2 Å². The van der Waals surface area contributed by atoms with Crippen molar-refractivity contribution in [2.45, 2.75) is 71.7 Å². The first kappa shape index (κ1) is 20.5. The summed E-state index contributed by atoms with van der Waals surface area (Å²) in [6.45, 7) is 6.71. The van der Waals surface area contributed by atoms with Crippen molar-refractivity contribution in [3.63, 3.8) is 0 Å². The predicted octanol–water partition coefficient (Wildman–Crippen LogP) is 4.89. The molecule has 1 rings (SSSR count). The van der Waals surface area contributed by atoms with Gasteiger partial charge in [0.05, 0.1) is 11.7 Å². The Balaban J connectivity index is 2.74. The quantitative estimate of drug-likeness (QED) is 0.419. The molecule has 24 heavy (non-hydrogen) atoms. The highest BCUT2D eigenvalue weighted by molar-refractivity contribution is 5.89. The normalized spacial score (nSPS) is 13.6. The van der Waals surface area contributed by atoms with Crippen molar-refractivity contribution in [2.75, 3.05) is 6.61 Å². The molecular formula is C19H30O5. The third kappa shape index (κ3) is 6.49. The number of unbranched alkanes of at least 4 members (excludes halogenated alkanes) is 3. The summed E-state index contributed by atoms with van der Waals surface area (Å²) in [5, 5.41) is 19.0. The third-order valence-electron chi connectivity index (χ3n) is 3.93. The second-order valence-corrected chi connectivity index (χ2v) is 5.88. The number of hydrogen-bond acceptors (Lipinski definition) is 4. The minimum Gasteiger partial charge on any atom is -0.508 e. The van der Waals surface area contributed by atoms with Gasteiger partial charge in [-0.25, -0.2) is 4.79 Å². The molecule has 0 bridgehead atoms. The van der Waals surface area contributed by atoms with Crippen LogP contribution in [-0.4, -0.2) is 29.1 Å². The average Bonchev–Trinajstić information content (AvgIpc) is 2.57. The molecule has 2 unspecified atom stereocenters. The van der Waals surface area contributed by atoms with Gasteiger partial charge in [0.2, 0.25) is 0 Å². The first-order valence-electron chi connectivity index (χ1n) is 8.86. The summed E-state index contributed by atoms with van der Waals surface area (Å²) in [6, 6.07) is 4.25. The zero-order valence-electron chi connectivity index (χ0n) is 15.0. The number of phenols is 1. The molecule has 2 N–H and O–H groups in total. The second-order valence-electron chi connectivity index (χ2n) is 5.88. The molecule has 0 fully saturated rings. The number of carbonyl (C=O) groups is 1. The van der Waals surface area contributed by atoms with Gasteiger partial charge in [0.15, 0.2) is 6.29 Å². The number of rotatable bonds is 12. The molecule has 0 aliphatic heterocycles. The molecule has 5 heteroatoms. The first-order chi connectivity index (χ1) is 11.5. The molecule has 1 aromatic carbocycles. The summed E-state index contributed by atoms with van der Waals surface area (Å²) in [4.78, 5) is 11.4. The number of carboxylic acids is 1. The van der Waals surface area contributed by atoms with Gasteiger partial charge >= 0.3 is 5.97 Å². The molecule has 0 amide bonds. The van der Waals surface area contributed by atoms with Crippen LogP contribution in [0.4, 0.5) is 0 Å². The average molecular weight is 338 g/mol. The molecular weight excluding hydrogens is 308 g/mol. The van der Waals surface area contributed by atoms with Crippen molar-refractivity contribution in [3.8, 4) is 5.75 Å². The molecule has 2 atom stereocenters. The lowest BCUT2D eigenvalue weighted by molar-refractivity contribution is -0.175. The fraction of sp³-hybridized carbons (Fsp3) is 0.632. The van der Waals surface area contributed by atoms with Crippen molar-refractivity contribution in [2.24, 2.45) is 0 Å². The monoisotopic (exact) mass is 338 g/mol. The largest absolute Gasteiger partial charge is 0.508 e. The molecule has 0 heterocycles. The van der Waals surface area contributed by atoms with E-state index >= 15 is 0 Å². The van der Waals surface area contributed by atoms with Gasteiger partial charge in [-0.1, -0.05) is 40.0 Å². The maximum Gasteiger partial charge on any atom is 0.336 e. The van der Waals surface area contributed by atoms with Gasteiger partial charge < -0.3 is 19.7 Å². The van der Waals surface area contributed by atoms with E-state index in [1.807, 2.05) is 13.8 Å². The molecule has 0 aliphatic carbocycles. The Morgan fingerprint density at radius 1 is 1.12 bits per heavy atom. The van der Waals surface area contributed by atoms with Gasteiger partial charge in [0, 0.05) is 6.61 Å². The lowest BCUT2D eigenvalue weighted by Gasteiger charge is -2.25. The Morgan fingerprint density at radius 2 is 1.88 bits per heavy atom. The van der Waals surface area contributed by atoms with E-state index in [0.29, 0.717) is 25.0 Å². The number of benzene rings is 1. The zero-order valence-corrected chi connectivity index (χ0v) is 15.0. The predicted molar refractivity (Wildman–Crippen MR) is 93.4 cm³/mol. The lowest BCUT2D eigenvalue weighted by atomic mass is 10.00. The SMILES string of the molecule is CCCCCCOC(CC)OC(CC)c1cc(O)ccc1C(=O)O. The van der Waals surface area contributed by atoms with E-state index in [9.17, 15) is 15.0 Å². The molecule has 0 spiro atoms. The van der Waals surface area contributed by atoms with Crippen molar-refractivity contribution < 1.29 is 24.5 Å². The lowest BCUT2D eigenvalue weighted by Crippen LogP contribution is -2.21. The van der Waals surface area contributed by atoms with E-state index < -0.39 is 12.1 Å². The summed E-state index contributed by atoms with van der Waals surface area (Å²) in [5.74, 6) is -0.994. The Kier molecular flexibility index (Phi) is 9.42. The summed E-state index contributed by atoms with van der Waals surface area (Å²) in [7, 11) is 0. The van der Waals surface area contributed by atoms with Crippen molar-refractivity contribution in [1.82, 2.24) is 0 Å². The van der Waals surface area contributed by atoms with Gasteiger partial charge in [-0.2, -0.15) is 0 Å². The molecule has 136 valence electrons. The summed E-state index contributed by atoms with van der Waals surface area (Å²) in [6.07, 6.45) is 5.00. The van der Waals surface area contributed by atoms with Gasteiger partial charge in [-0.05, 0) is 43.0 Å². The number of aromatic carboxylic acids is 1. The standard InChI is InChI=1S/C19H30O5/c1-4-7-8-9-12-23-18(6-3)24-17(5-2)16-13-14(20)10-11-15(16)19(21)22/h10-11,13,17-18,20H,4-9,12H2,1-3H3,(H,21,22). The Bertz CT molecular complexity index is 501. The van der Waals surface area contributed by atoms with E-state index in [1.165, 1.54) is 31.0 Å². The summed E-state index contributed by atoms with van der Waals surface area (Å²) < 4.78 is 11.8. The molecule has 1 aromatic rings. The highest BCUT2D eigenvalue weighted by atomic mass is 16.7. The highest BCUT2D eigenvalue weighted by Crippen LogP contribution is 2.30. The highest BCUT2D eigenvalue weighted by Gasteiger charge is 2.22. The first-order valence-corrected chi connectivity index (χ1v) is 8.86. The minimum absolute atomic E-state index is 0.0329. The topological polar surface area (TPSA) is 76.0 Å². The molecule has 0 saturated carbocycles. The number of carboxylic acid groups (broad SMARTS) is 1. The van der Waals surface area contributed by atoms with Crippen LogP contribution in [0.2, 0.25) is 0 Å². The maximum atomic E-state index is 11.4. The number of hydrogen-bond donors (Lipinski definition) is 2. The maximum absolute atomic E-state index is 11.4. The van der Waals surface area contributed by atoms with Crippen LogP contribution in [-0.2, 0) is 9.47 Å². The fourth-order valence-electron chi connectivity index (χ4n) is 2.58. The molecule has 5 nitrogen and oxygen atoms in total. The molecule has 0 radical (unpaired) electrons. The smallest absolute Gasteiger partial charge is 0.336 e. The number of aromatic hydroxyl groups is 1. The van der Waals surface area contributed by atoms with E-state index in [4.69, 9.17) is 9.47 Å². The third-order valence-corrected chi connectivity index (χ3v) is 3.93. The van der Waals surface area contributed by atoms with Gasteiger partial charge in [0.1, 0.15) is 5.75 Å².